The minimum atomic E-state index is -0.424. The molecule has 2 atom stereocenters. The van der Waals surface area contributed by atoms with E-state index in [0.29, 0.717) is 6.54 Å². The summed E-state index contributed by atoms with van der Waals surface area (Å²) in [7, 11) is 0. The van der Waals surface area contributed by atoms with Crippen molar-refractivity contribution < 1.29 is 4.79 Å². The van der Waals surface area contributed by atoms with Crippen LogP contribution in [0.25, 0.3) is 0 Å². The highest BCUT2D eigenvalue weighted by Crippen LogP contribution is 2.36. The van der Waals surface area contributed by atoms with Crippen LogP contribution in [0.4, 0.5) is 0 Å². The number of carbonyl (C=O) groups excluding carboxylic acids is 1. The van der Waals surface area contributed by atoms with Crippen molar-refractivity contribution in [1.29, 1.82) is 0 Å². The molecule has 92 valence electrons. The van der Waals surface area contributed by atoms with Gasteiger partial charge in [-0.15, -0.1) is 0 Å². The Kier molecular flexibility index (Phi) is 3.38. The molecule has 1 saturated carbocycles. The highest BCUT2D eigenvalue weighted by Gasteiger charge is 2.42. The summed E-state index contributed by atoms with van der Waals surface area (Å²) >= 11 is 0. The number of nitrogens with two attached hydrogens (primary N) is 1. The zero-order valence-electron chi connectivity index (χ0n) is 10.0. The van der Waals surface area contributed by atoms with E-state index in [1.807, 2.05) is 6.92 Å². The summed E-state index contributed by atoms with van der Waals surface area (Å²) in [6.45, 7) is 2.38. The van der Waals surface area contributed by atoms with E-state index in [9.17, 15) is 4.79 Å². The van der Waals surface area contributed by atoms with Crippen molar-refractivity contribution >= 4 is 5.91 Å². The third-order valence-electron chi connectivity index (χ3n) is 3.62. The average Bonchev–Trinajstić information content (AvgIpc) is 2.69. The fourth-order valence-electron chi connectivity index (χ4n) is 2.27. The lowest BCUT2D eigenvalue weighted by Crippen LogP contribution is -2.47. The van der Waals surface area contributed by atoms with Crippen LogP contribution >= 0.6 is 0 Å². The van der Waals surface area contributed by atoms with Crippen molar-refractivity contribution in [3.05, 3.63) is 24.3 Å². The molecule has 0 aliphatic heterocycles. The number of rotatable bonds is 3. The lowest BCUT2D eigenvalue weighted by Gasteiger charge is -2.27. The third-order valence-corrected chi connectivity index (χ3v) is 3.62. The summed E-state index contributed by atoms with van der Waals surface area (Å²) in [5, 5.41) is 2.90. The minimum Gasteiger partial charge on any atom is -0.350 e. The van der Waals surface area contributed by atoms with E-state index in [1.165, 1.54) is 6.33 Å². The molecular weight excluding hydrogens is 216 g/mol. The highest BCUT2D eigenvalue weighted by molar-refractivity contribution is 5.83. The van der Waals surface area contributed by atoms with Crippen LogP contribution in [0.3, 0.4) is 0 Å². The predicted molar refractivity (Wildman–Crippen MR) is 63.8 cm³/mol. The summed E-state index contributed by atoms with van der Waals surface area (Å²) < 4.78 is 0. The maximum absolute atomic E-state index is 12.1. The molecule has 1 fully saturated rings. The first-order valence-corrected chi connectivity index (χ1v) is 5.92. The number of nitrogens with zero attached hydrogens (tertiary/aromatic N) is 2. The predicted octanol–water partition coefficient (Wildman–Crippen LogP) is 0.610. The van der Waals surface area contributed by atoms with E-state index in [0.717, 1.165) is 25.0 Å². The highest BCUT2D eigenvalue weighted by atomic mass is 16.2. The Balaban J connectivity index is 1.94. The van der Waals surface area contributed by atoms with E-state index < -0.39 is 5.41 Å². The van der Waals surface area contributed by atoms with Gasteiger partial charge in [-0.25, -0.2) is 9.97 Å². The van der Waals surface area contributed by atoms with Crippen LogP contribution in [0.15, 0.2) is 18.6 Å². The van der Waals surface area contributed by atoms with Gasteiger partial charge in [-0.2, -0.15) is 0 Å². The molecule has 0 saturated heterocycles. The number of nitrogens with one attached hydrogen (secondary N) is 1. The Morgan fingerprint density at radius 2 is 2.53 bits per heavy atom. The van der Waals surface area contributed by atoms with Crippen LogP contribution in [0.1, 0.15) is 31.9 Å². The molecule has 17 heavy (non-hydrogen) atoms. The molecule has 0 radical (unpaired) electrons. The largest absolute Gasteiger partial charge is 0.350 e. The van der Waals surface area contributed by atoms with Crippen LogP contribution in [0.5, 0.6) is 0 Å². The summed E-state index contributed by atoms with van der Waals surface area (Å²) in [6.07, 6.45) is 5.96. The molecule has 5 heteroatoms. The SMILES string of the molecule is CC1(C(=O)NCc2ccncn2)CCCC1N. The number of amides is 1. The summed E-state index contributed by atoms with van der Waals surface area (Å²) in [6, 6.07) is 1.75. The molecule has 1 aliphatic rings. The normalized spacial score (nSPS) is 28.0. The monoisotopic (exact) mass is 234 g/mol. The second-order valence-electron chi connectivity index (χ2n) is 4.80. The van der Waals surface area contributed by atoms with Crippen molar-refractivity contribution in [1.82, 2.24) is 15.3 Å². The number of aromatic nitrogens is 2. The summed E-state index contributed by atoms with van der Waals surface area (Å²) in [5.41, 5.74) is 6.38. The van der Waals surface area contributed by atoms with Gasteiger partial charge in [-0.3, -0.25) is 4.79 Å². The van der Waals surface area contributed by atoms with E-state index >= 15 is 0 Å². The van der Waals surface area contributed by atoms with Crippen molar-refractivity contribution in [3.8, 4) is 0 Å². The van der Waals surface area contributed by atoms with Crippen molar-refractivity contribution in [2.75, 3.05) is 0 Å². The lowest BCUT2D eigenvalue weighted by molar-refractivity contribution is -0.130. The van der Waals surface area contributed by atoms with Crippen LogP contribution < -0.4 is 11.1 Å². The average molecular weight is 234 g/mol. The molecule has 0 aromatic carbocycles. The van der Waals surface area contributed by atoms with E-state index in [2.05, 4.69) is 15.3 Å². The maximum Gasteiger partial charge on any atom is 0.227 e. The van der Waals surface area contributed by atoms with Crippen LogP contribution in [0, 0.1) is 5.41 Å². The molecule has 2 rings (SSSR count). The van der Waals surface area contributed by atoms with Crippen molar-refractivity contribution in [2.45, 2.75) is 38.8 Å². The molecular formula is C12H18N4O. The number of hydrogen-bond acceptors (Lipinski definition) is 4. The Bertz CT molecular complexity index is 395. The first kappa shape index (κ1) is 12.0. The molecule has 5 nitrogen and oxygen atoms in total. The second-order valence-corrected chi connectivity index (χ2v) is 4.80. The fraction of sp³-hybridized carbons (Fsp3) is 0.583. The van der Waals surface area contributed by atoms with Gasteiger partial charge >= 0.3 is 0 Å². The molecule has 3 N–H and O–H groups in total. The van der Waals surface area contributed by atoms with E-state index in [1.54, 1.807) is 12.3 Å². The topological polar surface area (TPSA) is 80.9 Å². The van der Waals surface area contributed by atoms with Gasteiger partial charge in [-0.05, 0) is 25.8 Å². The third kappa shape index (κ3) is 2.44. The van der Waals surface area contributed by atoms with Gasteiger partial charge in [-0.1, -0.05) is 6.42 Å². The van der Waals surface area contributed by atoms with Gasteiger partial charge < -0.3 is 11.1 Å². The molecule has 0 spiro atoms. The Hall–Kier alpha value is -1.49. The zero-order chi connectivity index (χ0) is 12.3. The quantitative estimate of drug-likeness (QED) is 0.803. The Morgan fingerprint density at radius 1 is 1.71 bits per heavy atom. The van der Waals surface area contributed by atoms with Crippen molar-refractivity contribution in [3.63, 3.8) is 0 Å². The second kappa shape index (κ2) is 4.79. The van der Waals surface area contributed by atoms with Gasteiger partial charge in [0.1, 0.15) is 6.33 Å². The lowest BCUT2D eigenvalue weighted by atomic mass is 9.84. The van der Waals surface area contributed by atoms with Gasteiger partial charge in [0.2, 0.25) is 5.91 Å². The van der Waals surface area contributed by atoms with Crippen LogP contribution in [0.2, 0.25) is 0 Å². The first-order valence-electron chi connectivity index (χ1n) is 5.92. The van der Waals surface area contributed by atoms with Gasteiger partial charge in [0.25, 0.3) is 0 Å². The summed E-state index contributed by atoms with van der Waals surface area (Å²) in [4.78, 5) is 20.0. The summed E-state index contributed by atoms with van der Waals surface area (Å²) in [5.74, 6) is 0.0288. The molecule has 1 aliphatic carbocycles. The molecule has 0 bridgehead atoms. The van der Waals surface area contributed by atoms with Crippen molar-refractivity contribution in [2.24, 2.45) is 11.1 Å². The van der Waals surface area contributed by atoms with Gasteiger partial charge in [0.15, 0.2) is 0 Å². The number of carbonyl (C=O) groups is 1. The molecule has 1 aromatic rings. The van der Waals surface area contributed by atoms with Gasteiger partial charge in [0, 0.05) is 12.2 Å². The number of hydrogen-bond donors (Lipinski definition) is 2. The Labute approximate surface area is 101 Å². The van der Waals surface area contributed by atoms with Crippen LogP contribution in [-0.2, 0) is 11.3 Å². The zero-order valence-corrected chi connectivity index (χ0v) is 10.0. The maximum atomic E-state index is 12.1. The first-order chi connectivity index (χ1) is 8.13. The molecule has 1 amide bonds. The van der Waals surface area contributed by atoms with Crippen LogP contribution in [-0.4, -0.2) is 21.9 Å². The molecule has 2 unspecified atom stereocenters. The minimum absolute atomic E-state index is 0.0288. The van der Waals surface area contributed by atoms with E-state index in [-0.39, 0.29) is 11.9 Å². The van der Waals surface area contributed by atoms with Gasteiger partial charge in [0.05, 0.1) is 17.7 Å². The van der Waals surface area contributed by atoms with E-state index in [4.69, 9.17) is 5.73 Å². The molecule has 1 aromatic heterocycles. The molecule has 1 heterocycles. The fourth-order valence-corrected chi connectivity index (χ4v) is 2.27. The standard InChI is InChI=1S/C12H18N4O/c1-12(5-2-3-10(12)13)11(17)15-7-9-4-6-14-8-16-9/h4,6,8,10H,2-3,5,7,13H2,1H3,(H,15,17). The Morgan fingerprint density at radius 3 is 3.12 bits per heavy atom. The smallest absolute Gasteiger partial charge is 0.227 e.